The summed E-state index contributed by atoms with van der Waals surface area (Å²) in [4.78, 5) is 37.0. The Balaban J connectivity index is 1.56. The van der Waals surface area contributed by atoms with E-state index in [-0.39, 0.29) is 30.7 Å². The van der Waals surface area contributed by atoms with E-state index >= 15 is 0 Å². The number of fused-ring (bicyclic) bond motifs is 1. The maximum absolute atomic E-state index is 12.1. The van der Waals surface area contributed by atoms with E-state index in [0.29, 0.717) is 16.8 Å². The van der Waals surface area contributed by atoms with Crippen LogP contribution in [0.15, 0.2) is 36.4 Å². The minimum atomic E-state index is -0.362. The lowest BCUT2D eigenvalue weighted by Gasteiger charge is -2.09. The molecule has 0 fully saturated rings. The average molecular weight is 352 g/mol. The number of benzene rings is 2. The zero-order chi connectivity index (χ0) is 18.8. The Morgan fingerprint density at radius 3 is 2.46 bits per heavy atom. The van der Waals surface area contributed by atoms with Crippen LogP contribution in [0.5, 0.6) is 5.75 Å². The molecule has 3 rings (SSSR count). The number of rotatable bonds is 5. The molecule has 1 aliphatic rings. The van der Waals surface area contributed by atoms with Gasteiger partial charge in [0.2, 0.25) is 5.91 Å². The van der Waals surface area contributed by atoms with Crippen LogP contribution in [0.1, 0.15) is 38.3 Å². The Morgan fingerprint density at radius 2 is 1.73 bits per heavy atom. The standard InChI is InChI=1S/C20H20N2O4/c1-12-4-6-15(10-13(12)2)26-9-8-18(23)21-14-5-7-16-17(11-14)20(25)22(3)19(16)24/h4-7,10-11H,8-9H2,1-3H3,(H,21,23). The highest BCUT2D eigenvalue weighted by molar-refractivity contribution is 6.21. The fourth-order valence-electron chi connectivity index (χ4n) is 2.73. The van der Waals surface area contributed by atoms with Gasteiger partial charge in [-0.2, -0.15) is 0 Å². The van der Waals surface area contributed by atoms with Crippen molar-refractivity contribution >= 4 is 23.4 Å². The predicted molar refractivity (Wildman–Crippen MR) is 97.5 cm³/mol. The number of ether oxygens (including phenoxy) is 1. The first-order chi connectivity index (χ1) is 12.4. The Labute approximate surface area is 151 Å². The van der Waals surface area contributed by atoms with Gasteiger partial charge in [-0.25, -0.2) is 0 Å². The highest BCUT2D eigenvalue weighted by atomic mass is 16.5. The van der Waals surface area contributed by atoms with Crippen LogP contribution in [-0.2, 0) is 4.79 Å². The predicted octanol–water partition coefficient (Wildman–Crippen LogP) is 2.94. The summed E-state index contributed by atoms with van der Waals surface area (Å²) in [6.07, 6.45) is 0.177. The number of hydrogen-bond acceptors (Lipinski definition) is 4. The molecule has 1 aliphatic heterocycles. The second-order valence-electron chi connectivity index (χ2n) is 6.32. The van der Waals surface area contributed by atoms with Crippen LogP contribution < -0.4 is 10.1 Å². The molecule has 6 nitrogen and oxygen atoms in total. The van der Waals surface area contributed by atoms with Crippen molar-refractivity contribution in [3.05, 3.63) is 58.7 Å². The number of carbonyl (C=O) groups is 3. The summed E-state index contributed by atoms with van der Waals surface area (Å²) < 4.78 is 5.60. The Kier molecular flexibility index (Phi) is 4.75. The van der Waals surface area contributed by atoms with Crippen molar-refractivity contribution in [1.82, 2.24) is 4.90 Å². The number of hydrogen-bond donors (Lipinski definition) is 1. The number of carbonyl (C=O) groups excluding carboxylic acids is 3. The van der Waals surface area contributed by atoms with Crippen molar-refractivity contribution in [2.45, 2.75) is 20.3 Å². The molecular weight excluding hydrogens is 332 g/mol. The van der Waals surface area contributed by atoms with Crippen LogP contribution in [-0.4, -0.2) is 36.3 Å². The molecule has 0 radical (unpaired) electrons. The van der Waals surface area contributed by atoms with Gasteiger partial charge in [0.25, 0.3) is 11.8 Å². The number of imide groups is 1. The highest BCUT2D eigenvalue weighted by Crippen LogP contribution is 2.24. The molecule has 0 aliphatic carbocycles. The van der Waals surface area contributed by atoms with Crippen molar-refractivity contribution in [1.29, 1.82) is 0 Å². The average Bonchev–Trinajstić information content (AvgIpc) is 2.82. The molecule has 2 aromatic carbocycles. The van der Waals surface area contributed by atoms with Crippen LogP contribution in [0.2, 0.25) is 0 Å². The molecule has 0 unspecified atom stereocenters. The molecule has 6 heteroatoms. The van der Waals surface area contributed by atoms with E-state index in [1.165, 1.54) is 18.7 Å². The molecule has 3 amide bonds. The van der Waals surface area contributed by atoms with Crippen LogP contribution in [0.25, 0.3) is 0 Å². The largest absolute Gasteiger partial charge is 0.493 e. The monoisotopic (exact) mass is 352 g/mol. The van der Waals surface area contributed by atoms with E-state index in [1.807, 2.05) is 32.0 Å². The van der Waals surface area contributed by atoms with Crippen molar-refractivity contribution in [2.24, 2.45) is 0 Å². The van der Waals surface area contributed by atoms with E-state index in [9.17, 15) is 14.4 Å². The van der Waals surface area contributed by atoms with Gasteiger partial charge in [-0.1, -0.05) is 6.07 Å². The number of nitrogens with zero attached hydrogens (tertiary/aromatic N) is 1. The number of nitrogens with one attached hydrogen (secondary N) is 1. The maximum Gasteiger partial charge on any atom is 0.261 e. The van der Waals surface area contributed by atoms with E-state index in [0.717, 1.165) is 16.2 Å². The summed E-state index contributed by atoms with van der Waals surface area (Å²) in [5.41, 5.74) is 3.46. The summed E-state index contributed by atoms with van der Waals surface area (Å²) >= 11 is 0. The third-order valence-electron chi connectivity index (χ3n) is 4.45. The Morgan fingerprint density at radius 1 is 1.00 bits per heavy atom. The number of aryl methyl sites for hydroxylation is 2. The van der Waals surface area contributed by atoms with Crippen LogP contribution >= 0.6 is 0 Å². The smallest absolute Gasteiger partial charge is 0.261 e. The third kappa shape index (κ3) is 3.44. The zero-order valence-electron chi connectivity index (χ0n) is 15.0. The van der Waals surface area contributed by atoms with Crippen molar-refractivity contribution in [2.75, 3.05) is 19.0 Å². The van der Waals surface area contributed by atoms with Crippen molar-refractivity contribution < 1.29 is 19.1 Å². The first-order valence-electron chi connectivity index (χ1n) is 8.33. The third-order valence-corrected chi connectivity index (χ3v) is 4.45. The van der Waals surface area contributed by atoms with Gasteiger partial charge in [-0.15, -0.1) is 0 Å². The van der Waals surface area contributed by atoms with Crippen molar-refractivity contribution in [3.8, 4) is 5.75 Å². The van der Waals surface area contributed by atoms with Gasteiger partial charge in [-0.3, -0.25) is 19.3 Å². The van der Waals surface area contributed by atoms with Crippen molar-refractivity contribution in [3.63, 3.8) is 0 Å². The van der Waals surface area contributed by atoms with Gasteiger partial charge in [0.05, 0.1) is 24.2 Å². The van der Waals surface area contributed by atoms with Crippen LogP contribution in [0.4, 0.5) is 5.69 Å². The molecule has 0 spiro atoms. The normalized spacial score (nSPS) is 13.0. The summed E-state index contributed by atoms with van der Waals surface area (Å²) in [7, 11) is 1.44. The zero-order valence-corrected chi connectivity index (χ0v) is 15.0. The highest BCUT2D eigenvalue weighted by Gasteiger charge is 2.32. The molecule has 26 heavy (non-hydrogen) atoms. The number of anilines is 1. The summed E-state index contributed by atoms with van der Waals surface area (Å²) in [6, 6.07) is 10.5. The van der Waals surface area contributed by atoms with Gasteiger partial charge >= 0.3 is 0 Å². The minimum absolute atomic E-state index is 0.177. The molecule has 0 saturated heterocycles. The van der Waals surface area contributed by atoms with Gasteiger partial charge in [0.15, 0.2) is 0 Å². The molecule has 1 heterocycles. The molecule has 0 bridgehead atoms. The molecule has 2 aromatic rings. The Hall–Kier alpha value is -3.15. The second-order valence-corrected chi connectivity index (χ2v) is 6.32. The van der Waals surface area contributed by atoms with E-state index < -0.39 is 0 Å². The molecule has 134 valence electrons. The molecule has 0 saturated carbocycles. The van der Waals surface area contributed by atoms with Crippen LogP contribution in [0, 0.1) is 13.8 Å². The SMILES string of the molecule is Cc1ccc(OCCC(=O)Nc2ccc3c(c2)C(=O)N(C)C3=O)cc1C. The maximum atomic E-state index is 12.1. The molecule has 0 atom stereocenters. The minimum Gasteiger partial charge on any atom is -0.493 e. The van der Waals surface area contributed by atoms with E-state index in [2.05, 4.69) is 5.32 Å². The summed E-state index contributed by atoms with van der Waals surface area (Å²) in [5, 5.41) is 2.73. The van der Waals surface area contributed by atoms with Crippen LogP contribution in [0.3, 0.4) is 0 Å². The summed E-state index contributed by atoms with van der Waals surface area (Å²) in [5.74, 6) is -0.187. The van der Waals surface area contributed by atoms with E-state index in [4.69, 9.17) is 4.74 Å². The first kappa shape index (κ1) is 17.7. The topological polar surface area (TPSA) is 75.7 Å². The van der Waals surface area contributed by atoms with Gasteiger partial charge in [0.1, 0.15) is 5.75 Å². The van der Waals surface area contributed by atoms with Gasteiger partial charge in [0, 0.05) is 12.7 Å². The quantitative estimate of drug-likeness (QED) is 0.840. The lowest BCUT2D eigenvalue weighted by Crippen LogP contribution is -2.24. The van der Waals surface area contributed by atoms with E-state index in [1.54, 1.807) is 12.1 Å². The fourth-order valence-corrected chi connectivity index (χ4v) is 2.73. The van der Waals surface area contributed by atoms with Gasteiger partial charge < -0.3 is 10.1 Å². The van der Waals surface area contributed by atoms with Gasteiger partial charge in [-0.05, 0) is 55.3 Å². The molecular formula is C20H20N2O4. The molecule has 1 N–H and O–H groups in total. The Bertz CT molecular complexity index is 905. The molecule has 0 aromatic heterocycles. The number of amides is 3. The summed E-state index contributed by atoms with van der Waals surface area (Å²) in [6.45, 7) is 4.28. The second kappa shape index (κ2) is 7.00. The lowest BCUT2D eigenvalue weighted by atomic mass is 10.1. The first-order valence-corrected chi connectivity index (χ1v) is 8.33. The lowest BCUT2D eigenvalue weighted by molar-refractivity contribution is -0.116. The fraction of sp³-hybridized carbons (Fsp3) is 0.250.